The van der Waals surface area contributed by atoms with E-state index in [2.05, 4.69) is 24.1 Å². The Balaban J connectivity index is 2.00. The molecule has 0 fully saturated rings. The molecule has 0 radical (unpaired) electrons. The van der Waals surface area contributed by atoms with Crippen LogP contribution < -0.4 is 5.32 Å². The van der Waals surface area contributed by atoms with Gasteiger partial charge in [-0.15, -0.1) is 0 Å². The van der Waals surface area contributed by atoms with E-state index in [0.717, 1.165) is 18.7 Å². The molecule has 0 aliphatic rings. The Morgan fingerprint density at radius 2 is 1.68 bits per heavy atom. The van der Waals surface area contributed by atoms with Gasteiger partial charge in [0, 0.05) is 23.2 Å². The molecule has 1 unspecified atom stereocenters. The van der Waals surface area contributed by atoms with Crippen LogP contribution in [-0.4, -0.2) is 36.9 Å². The van der Waals surface area contributed by atoms with Crippen molar-refractivity contribution in [1.82, 2.24) is 10.2 Å². The van der Waals surface area contributed by atoms with Crippen LogP contribution >= 0.6 is 11.6 Å². The first-order valence-corrected chi connectivity index (χ1v) is 8.92. The zero-order valence-corrected chi connectivity index (χ0v) is 15.4. The Hall–Kier alpha value is -1.75. The Bertz CT molecular complexity index is 669. The topological polar surface area (TPSA) is 32.3 Å². The fraction of sp³-hybridized carbons (Fsp3) is 0.350. The Kier molecular flexibility index (Phi) is 7.56. The minimum atomic E-state index is -0.339. The van der Waals surface area contributed by atoms with Gasteiger partial charge in [-0.3, -0.25) is 9.69 Å². The molecule has 5 heteroatoms. The lowest BCUT2D eigenvalue weighted by atomic mass is 10.0. The molecule has 0 heterocycles. The van der Waals surface area contributed by atoms with Crippen LogP contribution in [0.25, 0.3) is 0 Å². The summed E-state index contributed by atoms with van der Waals surface area (Å²) in [4.78, 5) is 14.5. The van der Waals surface area contributed by atoms with Crippen molar-refractivity contribution in [3.63, 3.8) is 0 Å². The van der Waals surface area contributed by atoms with Gasteiger partial charge in [-0.25, -0.2) is 4.39 Å². The lowest BCUT2D eigenvalue weighted by molar-refractivity contribution is 0.0987. The molecule has 0 saturated heterocycles. The molecule has 0 saturated carbocycles. The van der Waals surface area contributed by atoms with Crippen LogP contribution in [0.4, 0.5) is 4.39 Å². The molecule has 0 aliphatic carbocycles. The van der Waals surface area contributed by atoms with Crippen molar-refractivity contribution < 1.29 is 9.18 Å². The number of carbonyl (C=O) groups is 1. The van der Waals surface area contributed by atoms with E-state index in [1.165, 1.54) is 24.3 Å². The second-order valence-corrected chi connectivity index (χ2v) is 6.29. The van der Waals surface area contributed by atoms with Crippen molar-refractivity contribution >= 4 is 17.4 Å². The van der Waals surface area contributed by atoms with Crippen LogP contribution in [0, 0.1) is 5.82 Å². The van der Waals surface area contributed by atoms with Gasteiger partial charge in [0.25, 0.3) is 0 Å². The summed E-state index contributed by atoms with van der Waals surface area (Å²) in [5.74, 6) is -0.386. The van der Waals surface area contributed by atoms with E-state index in [1.807, 2.05) is 24.3 Å². The number of nitrogens with one attached hydrogen (secondary N) is 1. The van der Waals surface area contributed by atoms with Crippen molar-refractivity contribution in [1.29, 1.82) is 0 Å². The number of likely N-dealkylation sites (N-methyl/N-ethyl adjacent to an activating group) is 1. The van der Waals surface area contributed by atoms with Gasteiger partial charge in [0.05, 0.1) is 6.54 Å². The van der Waals surface area contributed by atoms with Gasteiger partial charge in [-0.05, 0) is 55.1 Å². The van der Waals surface area contributed by atoms with E-state index in [9.17, 15) is 9.18 Å². The first-order chi connectivity index (χ1) is 12.0. The van der Waals surface area contributed by atoms with Crippen molar-refractivity contribution in [2.75, 3.05) is 26.2 Å². The third kappa shape index (κ3) is 5.63. The van der Waals surface area contributed by atoms with Crippen LogP contribution in [0.15, 0.2) is 48.5 Å². The molecule has 2 rings (SSSR count). The molecule has 1 atom stereocenters. The largest absolute Gasteiger partial charge is 0.308 e. The zero-order valence-electron chi connectivity index (χ0n) is 14.6. The fourth-order valence-electron chi connectivity index (χ4n) is 2.87. The van der Waals surface area contributed by atoms with Crippen molar-refractivity contribution in [2.45, 2.75) is 19.9 Å². The fourth-order valence-corrected chi connectivity index (χ4v) is 2.99. The molecule has 0 aliphatic heterocycles. The number of rotatable bonds is 9. The lowest BCUT2D eigenvalue weighted by Crippen LogP contribution is -2.37. The molecule has 0 spiro atoms. The molecule has 25 heavy (non-hydrogen) atoms. The number of carbonyl (C=O) groups excluding carboxylic acids is 1. The van der Waals surface area contributed by atoms with Crippen molar-refractivity contribution in [2.24, 2.45) is 0 Å². The Morgan fingerprint density at radius 3 is 2.24 bits per heavy atom. The number of hydrogen-bond acceptors (Lipinski definition) is 3. The molecular formula is C20H24ClFN2O. The number of nitrogens with zero attached hydrogens (tertiary/aromatic N) is 1. The SMILES string of the molecule is CCN(CC)C(CNCC(=O)c1ccc(F)cc1)c1ccc(Cl)cc1. The quantitative estimate of drug-likeness (QED) is 0.674. The number of Topliss-reactive ketones (excluding diaryl/α,β-unsaturated/α-hetero) is 1. The third-order valence-corrected chi connectivity index (χ3v) is 4.55. The summed E-state index contributed by atoms with van der Waals surface area (Å²) in [6.07, 6.45) is 0. The first kappa shape index (κ1) is 19.6. The van der Waals surface area contributed by atoms with E-state index in [-0.39, 0.29) is 24.2 Å². The van der Waals surface area contributed by atoms with Crippen LogP contribution in [0.2, 0.25) is 5.02 Å². The van der Waals surface area contributed by atoms with Gasteiger partial charge in [-0.2, -0.15) is 0 Å². The molecule has 1 N–H and O–H groups in total. The Morgan fingerprint density at radius 1 is 1.08 bits per heavy atom. The summed E-state index contributed by atoms with van der Waals surface area (Å²) in [6, 6.07) is 13.6. The van der Waals surface area contributed by atoms with Gasteiger partial charge in [-0.1, -0.05) is 37.6 Å². The standard InChI is InChI=1S/C20H24ClFN2O/c1-3-24(4-2)19(15-5-9-17(21)10-6-15)13-23-14-20(25)16-7-11-18(22)12-8-16/h5-12,19,23H,3-4,13-14H2,1-2H3. The van der Waals surface area contributed by atoms with E-state index >= 15 is 0 Å². The van der Waals surface area contributed by atoms with Gasteiger partial charge in [0.1, 0.15) is 5.82 Å². The average Bonchev–Trinajstić information content (AvgIpc) is 2.62. The average molecular weight is 363 g/mol. The summed E-state index contributed by atoms with van der Waals surface area (Å²) in [7, 11) is 0. The zero-order chi connectivity index (χ0) is 18.2. The summed E-state index contributed by atoms with van der Waals surface area (Å²) in [5, 5.41) is 3.95. The molecule has 0 amide bonds. The lowest BCUT2D eigenvalue weighted by Gasteiger charge is -2.30. The van der Waals surface area contributed by atoms with Gasteiger partial charge in [0.2, 0.25) is 0 Å². The van der Waals surface area contributed by atoms with Crippen LogP contribution in [0.1, 0.15) is 35.8 Å². The molecular weight excluding hydrogens is 339 g/mol. The third-order valence-electron chi connectivity index (χ3n) is 4.30. The summed E-state index contributed by atoms with van der Waals surface area (Å²) < 4.78 is 12.9. The van der Waals surface area contributed by atoms with E-state index in [4.69, 9.17) is 11.6 Å². The predicted octanol–water partition coefficient (Wildman–Crippen LogP) is 4.33. The molecule has 3 nitrogen and oxygen atoms in total. The monoisotopic (exact) mass is 362 g/mol. The highest BCUT2D eigenvalue weighted by Gasteiger charge is 2.18. The maximum Gasteiger partial charge on any atom is 0.176 e. The van der Waals surface area contributed by atoms with E-state index < -0.39 is 0 Å². The smallest absolute Gasteiger partial charge is 0.176 e. The van der Waals surface area contributed by atoms with Crippen LogP contribution in [0.3, 0.4) is 0 Å². The maximum atomic E-state index is 12.9. The van der Waals surface area contributed by atoms with Crippen molar-refractivity contribution in [3.05, 3.63) is 70.5 Å². The molecule has 2 aromatic rings. The van der Waals surface area contributed by atoms with Crippen LogP contribution in [0.5, 0.6) is 0 Å². The first-order valence-electron chi connectivity index (χ1n) is 8.54. The number of ketones is 1. The maximum absolute atomic E-state index is 12.9. The van der Waals surface area contributed by atoms with Crippen molar-refractivity contribution in [3.8, 4) is 0 Å². The molecule has 0 aromatic heterocycles. The number of hydrogen-bond donors (Lipinski definition) is 1. The second kappa shape index (κ2) is 9.66. The highest BCUT2D eigenvalue weighted by atomic mass is 35.5. The highest BCUT2D eigenvalue weighted by Crippen LogP contribution is 2.21. The molecule has 134 valence electrons. The van der Waals surface area contributed by atoms with E-state index in [1.54, 1.807) is 0 Å². The summed E-state index contributed by atoms with van der Waals surface area (Å²) >= 11 is 5.99. The molecule has 2 aromatic carbocycles. The Labute approximate surface area is 153 Å². The van der Waals surface area contributed by atoms with Gasteiger partial charge >= 0.3 is 0 Å². The van der Waals surface area contributed by atoms with Gasteiger partial charge < -0.3 is 5.32 Å². The minimum absolute atomic E-state index is 0.0468. The summed E-state index contributed by atoms with van der Waals surface area (Å²) in [6.45, 7) is 6.94. The van der Waals surface area contributed by atoms with Crippen LogP contribution in [-0.2, 0) is 0 Å². The van der Waals surface area contributed by atoms with Gasteiger partial charge in [0.15, 0.2) is 5.78 Å². The predicted molar refractivity (Wildman–Crippen MR) is 101 cm³/mol. The molecule has 0 bridgehead atoms. The minimum Gasteiger partial charge on any atom is -0.308 e. The van der Waals surface area contributed by atoms with E-state index in [0.29, 0.717) is 17.1 Å². The normalized spacial score (nSPS) is 12.4. The highest BCUT2D eigenvalue weighted by molar-refractivity contribution is 6.30. The number of halogens is 2. The number of benzene rings is 2. The second-order valence-electron chi connectivity index (χ2n) is 5.85. The summed E-state index contributed by atoms with van der Waals surface area (Å²) in [5.41, 5.74) is 1.68.